The molecule has 0 radical (unpaired) electrons. The topological polar surface area (TPSA) is 58.9 Å². The number of carbonyl (C=O) groups excluding carboxylic acids is 1. The highest BCUT2D eigenvalue weighted by atomic mass is 35.5. The second kappa shape index (κ2) is 3.79. The summed E-state index contributed by atoms with van der Waals surface area (Å²) in [7, 11) is 0. The van der Waals surface area contributed by atoms with Crippen LogP contribution >= 0.6 is 11.6 Å². The van der Waals surface area contributed by atoms with E-state index in [1.54, 1.807) is 6.08 Å². The van der Waals surface area contributed by atoms with Gasteiger partial charge in [-0.2, -0.15) is 0 Å². The largest absolute Gasteiger partial charge is 0.366 e. The van der Waals surface area contributed by atoms with Crippen molar-refractivity contribution >= 4 is 34.5 Å². The maximum Gasteiger partial charge on any atom is 0.241 e. The van der Waals surface area contributed by atoms with Crippen LogP contribution in [0.3, 0.4) is 0 Å². The molecule has 1 aromatic carbocycles. The van der Waals surface area contributed by atoms with Crippen molar-refractivity contribution in [2.75, 3.05) is 0 Å². The van der Waals surface area contributed by atoms with E-state index in [0.717, 1.165) is 16.5 Å². The molecule has 0 saturated carbocycles. The lowest BCUT2D eigenvalue weighted by Gasteiger charge is -1.98. The molecule has 1 heterocycles. The molecule has 1 aromatic heterocycles. The first-order valence-electron chi connectivity index (χ1n) is 4.41. The van der Waals surface area contributed by atoms with Crippen molar-refractivity contribution in [1.82, 2.24) is 4.98 Å². The number of H-pyrrole nitrogens is 1. The van der Waals surface area contributed by atoms with Gasteiger partial charge in [-0.3, -0.25) is 4.79 Å². The molecule has 3 N–H and O–H groups in total. The van der Waals surface area contributed by atoms with Crippen molar-refractivity contribution in [3.05, 3.63) is 41.1 Å². The average molecular weight is 221 g/mol. The summed E-state index contributed by atoms with van der Waals surface area (Å²) < 4.78 is 0. The van der Waals surface area contributed by atoms with E-state index in [2.05, 4.69) is 4.98 Å². The predicted octanol–water partition coefficient (Wildman–Crippen LogP) is 2.32. The van der Waals surface area contributed by atoms with Gasteiger partial charge in [0.15, 0.2) is 0 Å². The van der Waals surface area contributed by atoms with Gasteiger partial charge >= 0.3 is 0 Å². The van der Waals surface area contributed by atoms with Gasteiger partial charge in [-0.05, 0) is 29.8 Å². The molecule has 4 heteroatoms. The number of aromatic nitrogens is 1. The molecule has 0 fully saturated rings. The van der Waals surface area contributed by atoms with Crippen LogP contribution < -0.4 is 5.73 Å². The van der Waals surface area contributed by atoms with Gasteiger partial charge in [-0.15, -0.1) is 0 Å². The zero-order valence-corrected chi connectivity index (χ0v) is 8.58. The Kier molecular flexibility index (Phi) is 2.47. The average Bonchev–Trinajstić information content (AvgIpc) is 2.60. The molecule has 0 saturated heterocycles. The van der Waals surface area contributed by atoms with Gasteiger partial charge in [0.05, 0.1) is 0 Å². The number of nitrogens with one attached hydrogen (secondary N) is 1. The summed E-state index contributed by atoms with van der Waals surface area (Å²) in [6, 6.07) is 5.65. The van der Waals surface area contributed by atoms with Crippen LogP contribution in [-0.4, -0.2) is 10.9 Å². The Hall–Kier alpha value is -1.74. The van der Waals surface area contributed by atoms with Crippen LogP contribution in [-0.2, 0) is 4.79 Å². The number of carbonyl (C=O) groups is 1. The fourth-order valence-corrected chi connectivity index (χ4v) is 1.62. The molecule has 0 aliphatic carbocycles. The summed E-state index contributed by atoms with van der Waals surface area (Å²) in [6.45, 7) is 0. The van der Waals surface area contributed by atoms with E-state index in [0.29, 0.717) is 5.02 Å². The van der Waals surface area contributed by atoms with Gasteiger partial charge in [0.2, 0.25) is 5.91 Å². The minimum atomic E-state index is -0.486. The normalized spacial score (nSPS) is 11.3. The molecule has 1 amide bonds. The van der Waals surface area contributed by atoms with E-state index in [-0.39, 0.29) is 0 Å². The number of hydrogen-bond donors (Lipinski definition) is 2. The lowest BCUT2D eigenvalue weighted by atomic mass is 10.1. The van der Waals surface area contributed by atoms with Gasteiger partial charge in [0.1, 0.15) is 0 Å². The van der Waals surface area contributed by atoms with Crippen molar-refractivity contribution in [2.45, 2.75) is 0 Å². The molecule has 0 unspecified atom stereocenters. The monoisotopic (exact) mass is 220 g/mol. The van der Waals surface area contributed by atoms with Gasteiger partial charge < -0.3 is 10.7 Å². The third-order valence-corrected chi connectivity index (χ3v) is 2.43. The SMILES string of the molecule is NC(=O)C=Cc1cc2cc[nH]c2cc1Cl. The second-order valence-corrected chi connectivity index (χ2v) is 3.58. The Morgan fingerprint density at radius 3 is 3.00 bits per heavy atom. The Balaban J connectivity index is 2.50. The van der Waals surface area contributed by atoms with Gasteiger partial charge in [0, 0.05) is 28.2 Å². The third-order valence-electron chi connectivity index (χ3n) is 2.10. The van der Waals surface area contributed by atoms with Crippen molar-refractivity contribution < 1.29 is 4.79 Å². The summed E-state index contributed by atoms with van der Waals surface area (Å²) >= 11 is 6.02. The first-order chi connectivity index (χ1) is 7.16. The Morgan fingerprint density at radius 1 is 1.47 bits per heavy atom. The fraction of sp³-hybridized carbons (Fsp3) is 0. The lowest BCUT2D eigenvalue weighted by Crippen LogP contribution is -2.05. The van der Waals surface area contributed by atoms with E-state index in [1.165, 1.54) is 6.08 Å². The summed E-state index contributed by atoms with van der Waals surface area (Å²) in [5.74, 6) is -0.486. The van der Waals surface area contributed by atoms with Crippen LogP contribution in [0.15, 0.2) is 30.5 Å². The van der Waals surface area contributed by atoms with E-state index in [9.17, 15) is 4.79 Å². The van der Waals surface area contributed by atoms with Gasteiger partial charge in [-0.25, -0.2) is 0 Å². The minimum absolute atomic E-state index is 0.486. The van der Waals surface area contributed by atoms with Crippen LogP contribution in [0.5, 0.6) is 0 Å². The van der Waals surface area contributed by atoms with E-state index >= 15 is 0 Å². The molecule has 76 valence electrons. The summed E-state index contributed by atoms with van der Waals surface area (Å²) in [4.78, 5) is 13.6. The quantitative estimate of drug-likeness (QED) is 0.750. The summed E-state index contributed by atoms with van der Waals surface area (Å²) in [6.07, 6.45) is 4.74. The molecule has 0 aliphatic rings. The molecular weight excluding hydrogens is 212 g/mol. The highest BCUT2D eigenvalue weighted by Crippen LogP contribution is 2.24. The van der Waals surface area contributed by atoms with Crippen molar-refractivity contribution in [3.63, 3.8) is 0 Å². The minimum Gasteiger partial charge on any atom is -0.366 e. The molecule has 2 aromatic rings. The van der Waals surface area contributed by atoms with Crippen molar-refractivity contribution in [3.8, 4) is 0 Å². The summed E-state index contributed by atoms with van der Waals surface area (Å²) in [5.41, 5.74) is 6.76. The first-order valence-corrected chi connectivity index (χ1v) is 4.79. The molecular formula is C11H9ClN2O. The van der Waals surface area contributed by atoms with Crippen molar-refractivity contribution in [1.29, 1.82) is 0 Å². The summed E-state index contributed by atoms with van der Waals surface area (Å²) in [5, 5.41) is 1.63. The molecule has 2 rings (SSSR count). The number of halogens is 1. The molecule has 0 spiro atoms. The number of primary amides is 1. The molecule has 0 atom stereocenters. The lowest BCUT2D eigenvalue weighted by molar-refractivity contribution is -0.113. The van der Waals surface area contributed by atoms with Crippen LogP contribution in [0.4, 0.5) is 0 Å². The molecule has 0 bridgehead atoms. The predicted molar refractivity (Wildman–Crippen MR) is 61.5 cm³/mol. The van der Waals surface area contributed by atoms with Crippen LogP contribution in [0.2, 0.25) is 5.02 Å². The van der Waals surface area contributed by atoms with Crippen LogP contribution in [0.25, 0.3) is 17.0 Å². The van der Waals surface area contributed by atoms with Crippen molar-refractivity contribution in [2.24, 2.45) is 5.73 Å². The Bertz CT molecular complexity index is 543. The maximum atomic E-state index is 10.6. The maximum absolute atomic E-state index is 10.6. The Labute approximate surface area is 91.5 Å². The number of rotatable bonds is 2. The standard InChI is InChI=1S/C11H9ClN2O/c12-9-6-10-8(3-4-14-10)5-7(9)1-2-11(13)15/h1-6,14H,(H2,13,15). The van der Waals surface area contributed by atoms with Crippen LogP contribution in [0.1, 0.15) is 5.56 Å². The fourth-order valence-electron chi connectivity index (χ4n) is 1.39. The van der Waals surface area contributed by atoms with E-state index in [4.69, 9.17) is 17.3 Å². The van der Waals surface area contributed by atoms with E-state index in [1.807, 2.05) is 24.4 Å². The highest BCUT2D eigenvalue weighted by Gasteiger charge is 2.01. The smallest absolute Gasteiger partial charge is 0.241 e. The van der Waals surface area contributed by atoms with E-state index < -0.39 is 5.91 Å². The number of amides is 1. The van der Waals surface area contributed by atoms with Crippen LogP contribution in [0, 0.1) is 0 Å². The number of aromatic amines is 1. The van der Waals surface area contributed by atoms with Gasteiger partial charge in [0.25, 0.3) is 0 Å². The molecule has 0 aliphatic heterocycles. The number of nitrogens with two attached hydrogens (primary N) is 1. The third kappa shape index (κ3) is 2.02. The number of hydrogen-bond acceptors (Lipinski definition) is 1. The highest BCUT2D eigenvalue weighted by molar-refractivity contribution is 6.32. The second-order valence-electron chi connectivity index (χ2n) is 3.17. The Morgan fingerprint density at radius 2 is 2.27 bits per heavy atom. The molecule has 15 heavy (non-hydrogen) atoms. The number of benzene rings is 1. The van der Waals surface area contributed by atoms with Gasteiger partial charge in [-0.1, -0.05) is 11.6 Å². The molecule has 3 nitrogen and oxygen atoms in total. The zero-order chi connectivity index (χ0) is 10.8. The zero-order valence-electron chi connectivity index (χ0n) is 7.83. The number of fused-ring (bicyclic) bond motifs is 1. The first kappa shape index (κ1) is 9.80.